The molecule has 1 heterocycles. The molecule has 0 atom stereocenters. The van der Waals surface area contributed by atoms with Crippen LogP contribution in [-0.4, -0.2) is 40.5 Å². The number of aliphatic hydroxyl groups is 1. The van der Waals surface area contributed by atoms with Crippen LogP contribution in [0.1, 0.15) is 11.4 Å². The zero-order valence-corrected chi connectivity index (χ0v) is 8.15. The van der Waals surface area contributed by atoms with Crippen LogP contribution < -0.4 is 4.90 Å². The average Bonchev–Trinajstić information content (AvgIpc) is 2.10. The Labute approximate surface area is 77.4 Å². The van der Waals surface area contributed by atoms with Gasteiger partial charge in [-0.15, -0.1) is 5.10 Å². The van der Waals surface area contributed by atoms with Crippen molar-refractivity contribution in [1.82, 2.24) is 15.2 Å². The van der Waals surface area contributed by atoms with E-state index in [-0.39, 0.29) is 6.61 Å². The van der Waals surface area contributed by atoms with Crippen LogP contribution in [0.3, 0.4) is 0 Å². The van der Waals surface area contributed by atoms with E-state index in [1.807, 2.05) is 20.9 Å². The van der Waals surface area contributed by atoms with Gasteiger partial charge in [0.15, 0.2) is 0 Å². The van der Waals surface area contributed by atoms with Crippen LogP contribution in [0.2, 0.25) is 0 Å². The van der Waals surface area contributed by atoms with Gasteiger partial charge in [-0.25, -0.2) is 4.98 Å². The summed E-state index contributed by atoms with van der Waals surface area (Å²) in [5, 5.41) is 16.6. The van der Waals surface area contributed by atoms with Gasteiger partial charge in [-0.05, 0) is 13.8 Å². The zero-order valence-electron chi connectivity index (χ0n) is 8.15. The molecule has 72 valence electrons. The lowest BCUT2D eigenvalue weighted by molar-refractivity contribution is 0.303. The SMILES string of the molecule is Cc1nnc(N(C)CCO)nc1C. The molecule has 1 N–H and O–H groups in total. The minimum atomic E-state index is 0.0901. The maximum atomic E-state index is 8.70. The fourth-order valence-corrected chi connectivity index (χ4v) is 0.857. The number of aliphatic hydroxyl groups excluding tert-OH is 1. The van der Waals surface area contributed by atoms with E-state index < -0.39 is 0 Å². The molecule has 0 unspecified atom stereocenters. The van der Waals surface area contributed by atoms with Crippen LogP contribution in [0, 0.1) is 13.8 Å². The molecule has 0 saturated carbocycles. The summed E-state index contributed by atoms with van der Waals surface area (Å²) in [7, 11) is 1.82. The molecule has 0 aliphatic carbocycles. The van der Waals surface area contributed by atoms with Gasteiger partial charge >= 0.3 is 0 Å². The topological polar surface area (TPSA) is 62.1 Å². The Morgan fingerprint density at radius 1 is 1.23 bits per heavy atom. The Kier molecular flexibility index (Phi) is 3.13. The first-order chi connectivity index (χ1) is 6.15. The van der Waals surface area contributed by atoms with Crippen molar-refractivity contribution in [3.05, 3.63) is 11.4 Å². The second-order valence-electron chi connectivity index (χ2n) is 2.93. The van der Waals surface area contributed by atoms with Gasteiger partial charge in [0.2, 0.25) is 5.95 Å². The van der Waals surface area contributed by atoms with Crippen molar-refractivity contribution in [2.45, 2.75) is 13.8 Å². The Morgan fingerprint density at radius 3 is 2.46 bits per heavy atom. The Bertz CT molecular complexity index is 289. The maximum absolute atomic E-state index is 8.70. The maximum Gasteiger partial charge on any atom is 0.245 e. The number of hydrogen-bond donors (Lipinski definition) is 1. The van der Waals surface area contributed by atoms with E-state index >= 15 is 0 Å². The molecular formula is C8H14N4O. The molecular weight excluding hydrogens is 168 g/mol. The van der Waals surface area contributed by atoms with Gasteiger partial charge in [0.05, 0.1) is 18.0 Å². The normalized spacial score (nSPS) is 10.2. The number of likely N-dealkylation sites (N-methyl/N-ethyl adjacent to an activating group) is 1. The van der Waals surface area contributed by atoms with Gasteiger partial charge in [0.25, 0.3) is 0 Å². The largest absolute Gasteiger partial charge is 0.395 e. The third kappa shape index (κ3) is 2.35. The highest BCUT2D eigenvalue weighted by Gasteiger charge is 2.05. The van der Waals surface area contributed by atoms with E-state index in [0.29, 0.717) is 12.5 Å². The van der Waals surface area contributed by atoms with Gasteiger partial charge in [-0.2, -0.15) is 5.10 Å². The first-order valence-electron chi connectivity index (χ1n) is 4.15. The highest BCUT2D eigenvalue weighted by Crippen LogP contribution is 2.05. The molecule has 0 aromatic carbocycles. The molecule has 13 heavy (non-hydrogen) atoms. The van der Waals surface area contributed by atoms with Crippen molar-refractivity contribution in [1.29, 1.82) is 0 Å². The van der Waals surface area contributed by atoms with E-state index in [1.54, 1.807) is 4.90 Å². The molecule has 1 aromatic rings. The Morgan fingerprint density at radius 2 is 1.92 bits per heavy atom. The van der Waals surface area contributed by atoms with E-state index in [4.69, 9.17) is 5.11 Å². The molecule has 5 heteroatoms. The first-order valence-corrected chi connectivity index (χ1v) is 4.15. The van der Waals surface area contributed by atoms with Crippen LogP contribution in [0.25, 0.3) is 0 Å². The second-order valence-corrected chi connectivity index (χ2v) is 2.93. The fraction of sp³-hybridized carbons (Fsp3) is 0.625. The summed E-state index contributed by atoms with van der Waals surface area (Å²) in [5.41, 5.74) is 1.70. The third-order valence-electron chi connectivity index (χ3n) is 1.86. The molecule has 0 saturated heterocycles. The van der Waals surface area contributed by atoms with Crippen LogP contribution in [0.5, 0.6) is 0 Å². The highest BCUT2D eigenvalue weighted by molar-refractivity contribution is 5.27. The summed E-state index contributed by atoms with van der Waals surface area (Å²) in [5.74, 6) is 0.553. The minimum absolute atomic E-state index is 0.0901. The van der Waals surface area contributed by atoms with E-state index in [9.17, 15) is 0 Å². The highest BCUT2D eigenvalue weighted by atomic mass is 16.3. The van der Waals surface area contributed by atoms with Crippen molar-refractivity contribution >= 4 is 5.95 Å². The van der Waals surface area contributed by atoms with Gasteiger partial charge in [0, 0.05) is 13.6 Å². The summed E-state index contributed by atoms with van der Waals surface area (Å²) < 4.78 is 0. The summed E-state index contributed by atoms with van der Waals surface area (Å²) in [4.78, 5) is 6.00. The van der Waals surface area contributed by atoms with Crippen molar-refractivity contribution in [3.63, 3.8) is 0 Å². The van der Waals surface area contributed by atoms with Crippen molar-refractivity contribution in [2.75, 3.05) is 25.1 Å². The number of rotatable bonds is 3. The lowest BCUT2D eigenvalue weighted by Crippen LogP contribution is -2.24. The lowest BCUT2D eigenvalue weighted by Gasteiger charge is -2.14. The quantitative estimate of drug-likeness (QED) is 0.708. The van der Waals surface area contributed by atoms with Gasteiger partial charge in [0.1, 0.15) is 0 Å². The number of aromatic nitrogens is 3. The van der Waals surface area contributed by atoms with E-state index in [1.165, 1.54) is 0 Å². The minimum Gasteiger partial charge on any atom is -0.395 e. The van der Waals surface area contributed by atoms with Crippen LogP contribution in [0.4, 0.5) is 5.95 Å². The summed E-state index contributed by atoms with van der Waals surface area (Å²) in [6, 6.07) is 0. The van der Waals surface area contributed by atoms with Gasteiger partial charge in [-0.1, -0.05) is 0 Å². The molecule has 0 spiro atoms. The standard InChI is InChI=1S/C8H14N4O/c1-6-7(2)10-11-8(9-6)12(3)4-5-13/h13H,4-5H2,1-3H3. The van der Waals surface area contributed by atoms with Crippen molar-refractivity contribution in [3.8, 4) is 0 Å². The predicted octanol–water partition coefficient (Wildman–Crippen LogP) is -0.0831. The lowest BCUT2D eigenvalue weighted by atomic mass is 10.4. The van der Waals surface area contributed by atoms with Crippen LogP contribution in [0.15, 0.2) is 0 Å². The Balaban J connectivity index is 2.84. The molecule has 5 nitrogen and oxygen atoms in total. The molecule has 0 aliphatic heterocycles. The summed E-state index contributed by atoms with van der Waals surface area (Å²) in [6.45, 7) is 4.36. The van der Waals surface area contributed by atoms with E-state index in [0.717, 1.165) is 11.4 Å². The average molecular weight is 182 g/mol. The molecule has 1 rings (SSSR count). The first kappa shape index (κ1) is 9.85. The Hall–Kier alpha value is -1.23. The molecule has 0 bridgehead atoms. The third-order valence-corrected chi connectivity index (χ3v) is 1.86. The number of anilines is 1. The van der Waals surface area contributed by atoms with E-state index in [2.05, 4.69) is 15.2 Å². The van der Waals surface area contributed by atoms with Crippen molar-refractivity contribution in [2.24, 2.45) is 0 Å². The fourth-order valence-electron chi connectivity index (χ4n) is 0.857. The number of aryl methyl sites for hydroxylation is 2. The van der Waals surface area contributed by atoms with Crippen molar-refractivity contribution < 1.29 is 5.11 Å². The van der Waals surface area contributed by atoms with Gasteiger partial charge in [-0.3, -0.25) is 0 Å². The molecule has 0 radical (unpaired) electrons. The summed E-state index contributed by atoms with van der Waals surface area (Å²) >= 11 is 0. The second kappa shape index (κ2) is 4.13. The molecule has 1 aromatic heterocycles. The zero-order chi connectivity index (χ0) is 9.84. The molecule has 0 amide bonds. The molecule has 0 aliphatic rings. The van der Waals surface area contributed by atoms with Crippen LogP contribution >= 0.6 is 0 Å². The number of hydrogen-bond acceptors (Lipinski definition) is 5. The molecule has 0 fully saturated rings. The summed E-state index contributed by atoms with van der Waals surface area (Å²) in [6.07, 6.45) is 0. The number of nitrogens with zero attached hydrogens (tertiary/aromatic N) is 4. The smallest absolute Gasteiger partial charge is 0.245 e. The van der Waals surface area contributed by atoms with Gasteiger partial charge < -0.3 is 10.0 Å². The monoisotopic (exact) mass is 182 g/mol. The van der Waals surface area contributed by atoms with Crippen LogP contribution in [-0.2, 0) is 0 Å². The predicted molar refractivity (Wildman–Crippen MR) is 49.7 cm³/mol.